The lowest BCUT2D eigenvalue weighted by molar-refractivity contribution is -0.117. The smallest absolute Gasteiger partial charge is 0.251 e. The Morgan fingerprint density at radius 1 is 1.35 bits per heavy atom. The van der Waals surface area contributed by atoms with Gasteiger partial charge in [-0.05, 0) is 30.5 Å². The van der Waals surface area contributed by atoms with E-state index < -0.39 is 0 Å². The number of amides is 2. The maximum atomic E-state index is 12.5. The van der Waals surface area contributed by atoms with Crippen molar-refractivity contribution >= 4 is 17.5 Å². The summed E-state index contributed by atoms with van der Waals surface area (Å²) in [5.41, 5.74) is 1.38. The Morgan fingerprint density at radius 3 is 2.92 bits per heavy atom. The van der Waals surface area contributed by atoms with E-state index in [4.69, 9.17) is 4.74 Å². The van der Waals surface area contributed by atoms with E-state index in [9.17, 15) is 9.59 Å². The standard InChI is InChI=1S/C20H29N3O3/c1-15(2)13-22-9-10-26-18(14-22)12-21-20(25)16-5-3-6-17(11-16)23-8-4-7-19(23)24/h3,5-6,11,15,18H,4,7-10,12-14H2,1-2H3,(H,21,25). The highest BCUT2D eigenvalue weighted by molar-refractivity contribution is 5.99. The molecule has 2 fully saturated rings. The van der Waals surface area contributed by atoms with Crippen LogP contribution in [0.25, 0.3) is 0 Å². The number of morpholine rings is 1. The minimum Gasteiger partial charge on any atom is -0.374 e. The fourth-order valence-electron chi connectivity index (χ4n) is 3.63. The molecule has 1 N–H and O–H groups in total. The summed E-state index contributed by atoms with van der Waals surface area (Å²) in [6, 6.07) is 7.29. The van der Waals surface area contributed by atoms with E-state index in [0.717, 1.165) is 38.3 Å². The molecule has 2 saturated heterocycles. The highest BCUT2D eigenvalue weighted by Crippen LogP contribution is 2.22. The molecule has 1 aromatic rings. The summed E-state index contributed by atoms with van der Waals surface area (Å²) >= 11 is 0. The molecule has 0 spiro atoms. The normalized spacial score (nSPS) is 21.4. The minimum absolute atomic E-state index is 0.0230. The van der Waals surface area contributed by atoms with Gasteiger partial charge in [-0.3, -0.25) is 14.5 Å². The number of hydrogen-bond donors (Lipinski definition) is 1. The van der Waals surface area contributed by atoms with Crippen LogP contribution in [0, 0.1) is 5.92 Å². The zero-order valence-electron chi connectivity index (χ0n) is 15.7. The average molecular weight is 359 g/mol. The Kier molecular flexibility index (Phi) is 6.27. The number of carbonyl (C=O) groups excluding carboxylic acids is 2. The number of ether oxygens (including phenoxy) is 1. The van der Waals surface area contributed by atoms with Crippen molar-refractivity contribution in [2.45, 2.75) is 32.8 Å². The number of nitrogens with one attached hydrogen (secondary N) is 1. The molecule has 3 rings (SSSR count). The summed E-state index contributed by atoms with van der Waals surface area (Å²) in [7, 11) is 0. The molecule has 0 saturated carbocycles. The lowest BCUT2D eigenvalue weighted by Gasteiger charge is -2.34. The van der Waals surface area contributed by atoms with Crippen LogP contribution in [0.3, 0.4) is 0 Å². The van der Waals surface area contributed by atoms with Crippen LogP contribution in [0.2, 0.25) is 0 Å². The van der Waals surface area contributed by atoms with Gasteiger partial charge in [0.1, 0.15) is 0 Å². The second-order valence-corrected chi connectivity index (χ2v) is 7.56. The zero-order chi connectivity index (χ0) is 18.5. The Labute approximate surface area is 155 Å². The van der Waals surface area contributed by atoms with Crippen molar-refractivity contribution in [3.05, 3.63) is 29.8 Å². The van der Waals surface area contributed by atoms with E-state index >= 15 is 0 Å². The van der Waals surface area contributed by atoms with Crippen LogP contribution in [0.4, 0.5) is 5.69 Å². The van der Waals surface area contributed by atoms with E-state index in [-0.39, 0.29) is 17.9 Å². The summed E-state index contributed by atoms with van der Waals surface area (Å²) < 4.78 is 5.79. The van der Waals surface area contributed by atoms with E-state index in [0.29, 0.717) is 31.1 Å². The average Bonchev–Trinajstić information content (AvgIpc) is 3.05. The van der Waals surface area contributed by atoms with Crippen molar-refractivity contribution in [3.8, 4) is 0 Å². The van der Waals surface area contributed by atoms with Gasteiger partial charge in [0.15, 0.2) is 0 Å². The molecule has 6 heteroatoms. The molecule has 1 atom stereocenters. The van der Waals surface area contributed by atoms with Crippen LogP contribution in [0.15, 0.2) is 24.3 Å². The summed E-state index contributed by atoms with van der Waals surface area (Å²) in [4.78, 5) is 28.6. The predicted octanol–water partition coefficient (Wildman–Crippen LogP) is 1.90. The van der Waals surface area contributed by atoms with Crippen LogP contribution >= 0.6 is 0 Å². The molecule has 0 bridgehead atoms. The Bertz CT molecular complexity index is 647. The third kappa shape index (κ3) is 4.83. The van der Waals surface area contributed by atoms with E-state index in [1.54, 1.807) is 17.0 Å². The molecular weight excluding hydrogens is 330 g/mol. The van der Waals surface area contributed by atoms with Gasteiger partial charge < -0.3 is 15.0 Å². The quantitative estimate of drug-likeness (QED) is 0.843. The monoisotopic (exact) mass is 359 g/mol. The first-order valence-electron chi connectivity index (χ1n) is 9.55. The van der Waals surface area contributed by atoms with Crippen LogP contribution in [-0.2, 0) is 9.53 Å². The van der Waals surface area contributed by atoms with Gasteiger partial charge in [-0.1, -0.05) is 19.9 Å². The van der Waals surface area contributed by atoms with Gasteiger partial charge in [0, 0.05) is 50.4 Å². The summed E-state index contributed by atoms with van der Waals surface area (Å²) in [6.07, 6.45) is 1.48. The van der Waals surface area contributed by atoms with Crippen molar-refractivity contribution in [1.29, 1.82) is 0 Å². The maximum Gasteiger partial charge on any atom is 0.251 e. The molecule has 2 aliphatic heterocycles. The fourth-order valence-corrected chi connectivity index (χ4v) is 3.63. The molecule has 26 heavy (non-hydrogen) atoms. The largest absolute Gasteiger partial charge is 0.374 e. The molecule has 0 radical (unpaired) electrons. The Balaban J connectivity index is 1.54. The third-order valence-electron chi connectivity index (χ3n) is 4.83. The van der Waals surface area contributed by atoms with Crippen LogP contribution in [-0.4, -0.2) is 62.1 Å². The lowest BCUT2D eigenvalue weighted by Crippen LogP contribution is -2.48. The molecule has 2 amide bonds. The van der Waals surface area contributed by atoms with E-state index in [1.165, 1.54) is 0 Å². The molecule has 6 nitrogen and oxygen atoms in total. The molecule has 1 aromatic carbocycles. The first kappa shape index (κ1) is 18.9. The Morgan fingerprint density at radius 2 is 2.19 bits per heavy atom. The number of nitrogens with zero attached hydrogens (tertiary/aromatic N) is 2. The molecule has 0 aliphatic carbocycles. The SMILES string of the molecule is CC(C)CN1CCOC(CNC(=O)c2cccc(N3CCCC3=O)c2)C1. The summed E-state index contributed by atoms with van der Waals surface area (Å²) in [5.74, 6) is 0.630. The van der Waals surface area contributed by atoms with E-state index in [2.05, 4.69) is 24.1 Å². The highest BCUT2D eigenvalue weighted by Gasteiger charge is 2.23. The van der Waals surface area contributed by atoms with Crippen LogP contribution < -0.4 is 10.2 Å². The number of carbonyl (C=O) groups is 2. The lowest BCUT2D eigenvalue weighted by atomic mass is 10.1. The molecule has 1 unspecified atom stereocenters. The molecule has 0 aromatic heterocycles. The second-order valence-electron chi connectivity index (χ2n) is 7.56. The van der Waals surface area contributed by atoms with Gasteiger partial charge in [-0.2, -0.15) is 0 Å². The predicted molar refractivity (Wildman–Crippen MR) is 101 cm³/mol. The van der Waals surface area contributed by atoms with Gasteiger partial charge in [0.05, 0.1) is 12.7 Å². The van der Waals surface area contributed by atoms with Gasteiger partial charge >= 0.3 is 0 Å². The summed E-state index contributed by atoms with van der Waals surface area (Å²) in [6.45, 7) is 9.22. The first-order chi connectivity index (χ1) is 12.5. The fraction of sp³-hybridized carbons (Fsp3) is 0.600. The number of benzene rings is 1. The molecule has 2 heterocycles. The van der Waals surface area contributed by atoms with Gasteiger partial charge in [0.25, 0.3) is 5.91 Å². The first-order valence-corrected chi connectivity index (χ1v) is 9.55. The number of hydrogen-bond acceptors (Lipinski definition) is 4. The van der Waals surface area contributed by atoms with Crippen molar-refractivity contribution < 1.29 is 14.3 Å². The number of anilines is 1. The van der Waals surface area contributed by atoms with E-state index in [1.807, 2.05) is 12.1 Å². The Hall–Kier alpha value is -1.92. The van der Waals surface area contributed by atoms with Crippen molar-refractivity contribution in [1.82, 2.24) is 10.2 Å². The highest BCUT2D eigenvalue weighted by atomic mass is 16.5. The topological polar surface area (TPSA) is 61.9 Å². The van der Waals surface area contributed by atoms with Crippen molar-refractivity contribution in [2.75, 3.05) is 44.2 Å². The van der Waals surface area contributed by atoms with Crippen LogP contribution in [0.1, 0.15) is 37.0 Å². The van der Waals surface area contributed by atoms with Gasteiger partial charge in [-0.25, -0.2) is 0 Å². The van der Waals surface area contributed by atoms with Crippen molar-refractivity contribution in [3.63, 3.8) is 0 Å². The van der Waals surface area contributed by atoms with Crippen molar-refractivity contribution in [2.24, 2.45) is 5.92 Å². The van der Waals surface area contributed by atoms with Gasteiger partial charge in [0.2, 0.25) is 5.91 Å². The van der Waals surface area contributed by atoms with Crippen LogP contribution in [0.5, 0.6) is 0 Å². The number of rotatable bonds is 6. The third-order valence-corrected chi connectivity index (χ3v) is 4.83. The summed E-state index contributed by atoms with van der Waals surface area (Å²) in [5, 5.41) is 2.98. The molecular formula is C20H29N3O3. The second kappa shape index (κ2) is 8.64. The zero-order valence-corrected chi connectivity index (χ0v) is 15.7. The molecule has 142 valence electrons. The van der Waals surface area contributed by atoms with Gasteiger partial charge in [-0.15, -0.1) is 0 Å². The minimum atomic E-state index is -0.122. The molecule has 2 aliphatic rings. The maximum absolute atomic E-state index is 12.5.